The number of carbonyl (C=O) groups is 1. The van der Waals surface area contributed by atoms with Crippen molar-refractivity contribution in [3.05, 3.63) is 89.7 Å². The number of hydrogen-bond donors (Lipinski definition) is 1. The normalized spacial score (nSPS) is 16.8. The Balaban J connectivity index is 1.64. The number of nitrogens with zero attached hydrogens (tertiary/aromatic N) is 2. The number of carbonyl (C=O) groups excluding carboxylic acids is 1. The smallest absolute Gasteiger partial charge is 0.417 e. The molecule has 0 aliphatic carbocycles. The maximum absolute atomic E-state index is 13.7. The Labute approximate surface area is 213 Å². The number of alkyl halides is 3. The topological polar surface area (TPSA) is 88.6 Å². The van der Waals surface area contributed by atoms with Crippen molar-refractivity contribution in [1.82, 2.24) is 14.6 Å². The van der Waals surface area contributed by atoms with Crippen LogP contribution in [-0.2, 0) is 34.1 Å². The highest BCUT2D eigenvalue weighted by atomic mass is 32.2. The van der Waals surface area contributed by atoms with Crippen molar-refractivity contribution in [3.63, 3.8) is 0 Å². The summed E-state index contributed by atoms with van der Waals surface area (Å²) < 4.78 is 75.1. The maximum atomic E-state index is 13.7. The molecule has 0 unspecified atom stereocenters. The molecular weight excluding hydrogens is 507 g/mol. The van der Waals surface area contributed by atoms with Crippen molar-refractivity contribution in [2.24, 2.45) is 0 Å². The number of sulfonamides is 1. The van der Waals surface area contributed by atoms with Gasteiger partial charge in [0.05, 0.1) is 16.2 Å². The van der Waals surface area contributed by atoms with Gasteiger partial charge >= 0.3 is 6.18 Å². The Morgan fingerprint density at radius 1 is 1.00 bits per heavy atom. The fraction of sp³-hybridized carbons (Fsp3) is 0.308. The number of pyridine rings is 1. The molecule has 0 spiro atoms. The van der Waals surface area contributed by atoms with E-state index in [4.69, 9.17) is 4.74 Å². The molecule has 1 fully saturated rings. The zero-order valence-corrected chi connectivity index (χ0v) is 20.6. The number of rotatable bonds is 8. The van der Waals surface area contributed by atoms with Crippen LogP contribution in [0, 0.1) is 0 Å². The van der Waals surface area contributed by atoms with Gasteiger partial charge in [-0.05, 0) is 61.2 Å². The summed E-state index contributed by atoms with van der Waals surface area (Å²) in [6.07, 6.45) is -1.83. The van der Waals surface area contributed by atoms with Crippen molar-refractivity contribution in [3.8, 4) is 5.75 Å². The van der Waals surface area contributed by atoms with Gasteiger partial charge in [0.25, 0.3) is 0 Å². The van der Waals surface area contributed by atoms with Gasteiger partial charge in [-0.25, -0.2) is 8.42 Å². The van der Waals surface area contributed by atoms with Gasteiger partial charge in [-0.15, -0.1) is 0 Å². The Kier molecular flexibility index (Phi) is 8.13. The van der Waals surface area contributed by atoms with Crippen LogP contribution in [0.3, 0.4) is 0 Å². The highest BCUT2D eigenvalue weighted by Crippen LogP contribution is 2.36. The second kappa shape index (κ2) is 11.3. The van der Waals surface area contributed by atoms with Crippen LogP contribution in [-0.4, -0.2) is 36.2 Å². The van der Waals surface area contributed by atoms with Crippen molar-refractivity contribution in [2.45, 2.75) is 49.5 Å². The van der Waals surface area contributed by atoms with Crippen molar-refractivity contribution in [1.29, 1.82) is 0 Å². The van der Waals surface area contributed by atoms with Crippen LogP contribution in [0.4, 0.5) is 13.2 Å². The number of aromatic nitrogens is 1. The minimum absolute atomic E-state index is 0.199. The van der Waals surface area contributed by atoms with Gasteiger partial charge in [0, 0.05) is 19.3 Å². The van der Waals surface area contributed by atoms with Gasteiger partial charge in [0.15, 0.2) is 0 Å². The number of ether oxygens (including phenoxy) is 1. The molecule has 11 heteroatoms. The molecule has 2 heterocycles. The second-order valence-corrected chi connectivity index (χ2v) is 10.5. The van der Waals surface area contributed by atoms with Crippen LogP contribution in [0.1, 0.15) is 36.1 Å². The van der Waals surface area contributed by atoms with Gasteiger partial charge < -0.3 is 10.1 Å². The molecule has 1 atom stereocenters. The van der Waals surface area contributed by atoms with Gasteiger partial charge in [-0.2, -0.15) is 17.5 Å². The minimum atomic E-state index is -4.88. The van der Waals surface area contributed by atoms with E-state index in [9.17, 15) is 26.4 Å². The molecule has 7 nitrogen and oxygen atoms in total. The van der Waals surface area contributed by atoms with Crippen molar-refractivity contribution in [2.75, 3.05) is 6.54 Å². The van der Waals surface area contributed by atoms with Crippen LogP contribution in [0.15, 0.2) is 77.8 Å². The Morgan fingerprint density at radius 3 is 2.43 bits per heavy atom. The maximum Gasteiger partial charge on any atom is 0.417 e. The predicted molar refractivity (Wildman–Crippen MR) is 130 cm³/mol. The number of nitrogens with one attached hydrogen (secondary N) is 1. The number of amides is 1. The van der Waals surface area contributed by atoms with E-state index in [0.717, 1.165) is 28.2 Å². The monoisotopic (exact) mass is 533 g/mol. The molecule has 0 bridgehead atoms. The molecule has 196 valence electrons. The molecule has 1 aliphatic heterocycles. The highest BCUT2D eigenvalue weighted by molar-refractivity contribution is 7.89. The Morgan fingerprint density at radius 2 is 1.73 bits per heavy atom. The molecule has 0 saturated carbocycles. The summed E-state index contributed by atoms with van der Waals surface area (Å²) in [5, 5.41) is 2.68. The van der Waals surface area contributed by atoms with E-state index in [1.807, 2.05) is 12.1 Å². The first kappa shape index (κ1) is 26.6. The summed E-state index contributed by atoms with van der Waals surface area (Å²) in [6.45, 7) is 0.328. The van der Waals surface area contributed by atoms with Crippen LogP contribution in [0.25, 0.3) is 0 Å². The lowest BCUT2D eigenvalue weighted by molar-refractivity contribution is -0.139. The van der Waals surface area contributed by atoms with E-state index in [2.05, 4.69) is 10.3 Å². The molecule has 37 heavy (non-hydrogen) atoms. The van der Waals surface area contributed by atoms with Crippen LogP contribution in [0.2, 0.25) is 0 Å². The first-order valence-corrected chi connectivity index (χ1v) is 13.2. The Hall–Kier alpha value is -3.44. The van der Waals surface area contributed by atoms with E-state index in [-0.39, 0.29) is 19.6 Å². The van der Waals surface area contributed by atoms with Crippen molar-refractivity contribution < 1.29 is 31.1 Å². The van der Waals surface area contributed by atoms with E-state index in [1.54, 1.807) is 36.5 Å². The molecule has 3 aromatic rings. The molecule has 2 aromatic carbocycles. The first-order valence-electron chi connectivity index (χ1n) is 11.7. The van der Waals surface area contributed by atoms with E-state index < -0.39 is 38.6 Å². The molecule has 1 amide bonds. The number of halogens is 3. The average molecular weight is 534 g/mol. The van der Waals surface area contributed by atoms with Gasteiger partial charge in [0.2, 0.25) is 15.9 Å². The second-order valence-electron chi connectivity index (χ2n) is 8.60. The summed E-state index contributed by atoms with van der Waals surface area (Å²) in [6, 6.07) is 14.8. The predicted octanol–water partition coefficient (Wildman–Crippen LogP) is 4.54. The fourth-order valence-electron chi connectivity index (χ4n) is 4.12. The summed E-state index contributed by atoms with van der Waals surface area (Å²) in [7, 11) is -4.71. The SMILES string of the molecule is O=C1NCCCC[C@@H]1N(Cc1ccc(OCc2ccccn2)cc1)S(=O)(=O)c1ccccc1C(F)(F)F. The molecule has 1 aromatic heterocycles. The summed E-state index contributed by atoms with van der Waals surface area (Å²) >= 11 is 0. The number of benzene rings is 2. The molecule has 1 aliphatic rings. The zero-order chi connectivity index (χ0) is 26.5. The van der Waals surface area contributed by atoms with Gasteiger partial charge in [0.1, 0.15) is 18.4 Å². The quantitative estimate of drug-likeness (QED) is 0.460. The van der Waals surface area contributed by atoms with E-state index in [0.29, 0.717) is 30.7 Å². The average Bonchev–Trinajstić information content (AvgIpc) is 3.10. The van der Waals surface area contributed by atoms with Crippen LogP contribution < -0.4 is 10.1 Å². The molecule has 4 rings (SSSR count). The van der Waals surface area contributed by atoms with Crippen LogP contribution in [0.5, 0.6) is 5.75 Å². The lowest BCUT2D eigenvalue weighted by atomic mass is 10.1. The number of hydrogen-bond acceptors (Lipinski definition) is 5. The largest absolute Gasteiger partial charge is 0.487 e. The fourth-order valence-corrected chi connectivity index (χ4v) is 5.94. The summed E-state index contributed by atoms with van der Waals surface area (Å²) in [5.74, 6) is -0.0145. The lowest BCUT2D eigenvalue weighted by Gasteiger charge is -2.30. The molecular formula is C26H26F3N3O4S. The minimum Gasteiger partial charge on any atom is -0.487 e. The first-order chi connectivity index (χ1) is 17.7. The van der Waals surface area contributed by atoms with Crippen LogP contribution >= 0.6 is 0 Å². The molecule has 0 radical (unpaired) electrons. The third-order valence-corrected chi connectivity index (χ3v) is 7.92. The standard InChI is InChI=1S/C26H26F3N3O4S/c27-26(28,29)22-8-1-2-10-24(22)37(34,35)32(23-9-4-6-16-31-25(23)33)17-19-11-13-21(14-12-19)36-18-20-7-3-5-15-30-20/h1-3,5,7-8,10-15,23H,4,6,9,16-18H2,(H,31,33)/t23-/m0/s1. The van der Waals surface area contributed by atoms with Crippen molar-refractivity contribution >= 4 is 15.9 Å². The van der Waals surface area contributed by atoms with Gasteiger partial charge in [-0.1, -0.05) is 30.3 Å². The third kappa shape index (κ3) is 6.47. The summed E-state index contributed by atoms with van der Waals surface area (Å²) in [5.41, 5.74) is -0.0471. The van der Waals surface area contributed by atoms with Gasteiger partial charge in [-0.3, -0.25) is 9.78 Å². The zero-order valence-electron chi connectivity index (χ0n) is 19.8. The molecule has 1 N–H and O–H groups in total. The van der Waals surface area contributed by atoms with E-state index in [1.165, 1.54) is 6.07 Å². The lowest BCUT2D eigenvalue weighted by Crippen LogP contribution is -2.48. The molecule has 1 saturated heterocycles. The Bertz CT molecular complexity index is 1320. The summed E-state index contributed by atoms with van der Waals surface area (Å²) in [4.78, 5) is 16.1. The van der Waals surface area contributed by atoms with E-state index >= 15 is 0 Å². The third-order valence-electron chi connectivity index (χ3n) is 6.01. The highest BCUT2D eigenvalue weighted by Gasteiger charge is 2.42.